The van der Waals surface area contributed by atoms with Crippen molar-refractivity contribution in [3.63, 3.8) is 0 Å². The number of aliphatic imine (C=N–C) groups is 1. The second kappa shape index (κ2) is 6.79. The molecule has 0 bridgehead atoms. The average Bonchev–Trinajstić information content (AvgIpc) is 2.30. The van der Waals surface area contributed by atoms with E-state index >= 15 is 0 Å². The highest BCUT2D eigenvalue weighted by Gasteiger charge is 2.12. The highest BCUT2D eigenvalue weighted by atomic mass is 16.5. The molecule has 4 nitrogen and oxygen atoms in total. The molecule has 0 heterocycles. The average molecular weight is 249 g/mol. The molecule has 0 aliphatic rings. The van der Waals surface area contributed by atoms with Crippen molar-refractivity contribution < 1.29 is 14.6 Å². The summed E-state index contributed by atoms with van der Waals surface area (Å²) < 4.78 is 5.63. The van der Waals surface area contributed by atoms with Crippen LogP contribution in [0.25, 0.3) is 0 Å². The first-order chi connectivity index (χ1) is 8.54. The molecule has 0 radical (unpaired) electrons. The Labute approximate surface area is 107 Å². The van der Waals surface area contributed by atoms with Gasteiger partial charge in [-0.25, -0.2) is 4.79 Å². The number of benzene rings is 1. The molecule has 0 saturated heterocycles. The zero-order valence-corrected chi connectivity index (χ0v) is 11.0. The van der Waals surface area contributed by atoms with E-state index in [1.165, 1.54) is 0 Å². The molecule has 0 spiro atoms. The van der Waals surface area contributed by atoms with Crippen LogP contribution in [0.4, 0.5) is 0 Å². The third-order valence-electron chi connectivity index (χ3n) is 2.35. The van der Waals surface area contributed by atoms with Crippen molar-refractivity contribution in [2.75, 3.05) is 0 Å². The Bertz CT molecular complexity index is 427. The van der Waals surface area contributed by atoms with Crippen LogP contribution >= 0.6 is 0 Å². The summed E-state index contributed by atoms with van der Waals surface area (Å²) in [7, 11) is 0. The predicted molar refractivity (Wildman–Crippen MR) is 71.5 cm³/mol. The summed E-state index contributed by atoms with van der Waals surface area (Å²) >= 11 is 0. The highest BCUT2D eigenvalue weighted by molar-refractivity contribution is 5.86. The van der Waals surface area contributed by atoms with Gasteiger partial charge in [0.05, 0.1) is 6.10 Å². The maximum atomic E-state index is 10.9. The van der Waals surface area contributed by atoms with Gasteiger partial charge in [0.25, 0.3) is 0 Å². The Hall–Kier alpha value is -1.84. The van der Waals surface area contributed by atoms with Crippen LogP contribution in [0.15, 0.2) is 29.3 Å². The van der Waals surface area contributed by atoms with Gasteiger partial charge in [0.1, 0.15) is 11.8 Å². The van der Waals surface area contributed by atoms with Crippen LogP contribution in [0.2, 0.25) is 0 Å². The van der Waals surface area contributed by atoms with Gasteiger partial charge in [-0.2, -0.15) is 0 Å². The highest BCUT2D eigenvalue weighted by Crippen LogP contribution is 2.17. The molecule has 18 heavy (non-hydrogen) atoms. The topological polar surface area (TPSA) is 58.9 Å². The molecular weight excluding hydrogens is 230 g/mol. The SMILES string of the molecule is CCC(N=Cc1ccccc1OC(C)C)C(=O)O. The lowest BCUT2D eigenvalue weighted by Crippen LogP contribution is -2.16. The smallest absolute Gasteiger partial charge is 0.328 e. The molecule has 1 aromatic carbocycles. The van der Waals surface area contributed by atoms with Gasteiger partial charge in [0.15, 0.2) is 0 Å². The number of hydrogen-bond acceptors (Lipinski definition) is 3. The number of carboxylic acids is 1. The monoisotopic (exact) mass is 249 g/mol. The van der Waals surface area contributed by atoms with Crippen LogP contribution in [0, 0.1) is 0 Å². The van der Waals surface area contributed by atoms with Gasteiger partial charge in [0, 0.05) is 11.8 Å². The third-order valence-corrected chi connectivity index (χ3v) is 2.35. The molecule has 4 heteroatoms. The van der Waals surface area contributed by atoms with E-state index in [4.69, 9.17) is 9.84 Å². The summed E-state index contributed by atoms with van der Waals surface area (Å²) in [6.45, 7) is 5.69. The van der Waals surface area contributed by atoms with Crippen LogP contribution < -0.4 is 4.74 Å². The van der Waals surface area contributed by atoms with Crippen molar-refractivity contribution in [3.05, 3.63) is 29.8 Å². The molecular formula is C14H19NO3. The Morgan fingerprint density at radius 1 is 1.44 bits per heavy atom. The molecule has 0 aliphatic heterocycles. The van der Waals surface area contributed by atoms with Gasteiger partial charge < -0.3 is 9.84 Å². The van der Waals surface area contributed by atoms with Crippen molar-refractivity contribution in [2.24, 2.45) is 4.99 Å². The molecule has 0 aliphatic carbocycles. The minimum absolute atomic E-state index is 0.0704. The molecule has 1 unspecified atom stereocenters. The largest absolute Gasteiger partial charge is 0.490 e. The van der Waals surface area contributed by atoms with E-state index in [2.05, 4.69) is 4.99 Å². The van der Waals surface area contributed by atoms with E-state index < -0.39 is 12.0 Å². The van der Waals surface area contributed by atoms with Gasteiger partial charge in [-0.3, -0.25) is 4.99 Å². The van der Waals surface area contributed by atoms with Crippen LogP contribution in [0.1, 0.15) is 32.8 Å². The van der Waals surface area contributed by atoms with Gasteiger partial charge >= 0.3 is 5.97 Å². The van der Waals surface area contributed by atoms with Crippen LogP contribution in [0.5, 0.6) is 5.75 Å². The summed E-state index contributed by atoms with van der Waals surface area (Å²) in [5.74, 6) is -0.187. The number of rotatable bonds is 6. The maximum absolute atomic E-state index is 10.9. The fourth-order valence-corrected chi connectivity index (χ4v) is 1.46. The fourth-order valence-electron chi connectivity index (χ4n) is 1.46. The quantitative estimate of drug-likeness (QED) is 0.789. The second-order valence-electron chi connectivity index (χ2n) is 4.24. The number of carboxylic acid groups (broad SMARTS) is 1. The Balaban J connectivity index is 2.89. The lowest BCUT2D eigenvalue weighted by molar-refractivity contribution is -0.138. The molecule has 0 fully saturated rings. The minimum Gasteiger partial charge on any atom is -0.490 e. The van der Waals surface area contributed by atoms with E-state index in [0.29, 0.717) is 6.42 Å². The number of carbonyl (C=O) groups is 1. The first-order valence-corrected chi connectivity index (χ1v) is 6.06. The predicted octanol–water partition coefficient (Wildman–Crippen LogP) is 2.76. The summed E-state index contributed by atoms with van der Waals surface area (Å²) in [5, 5.41) is 8.92. The fraction of sp³-hybridized carbons (Fsp3) is 0.429. The number of ether oxygens (including phenoxy) is 1. The standard InChI is InChI=1S/C14H19NO3/c1-4-12(14(16)17)15-9-11-7-5-6-8-13(11)18-10(2)3/h5-10,12H,4H2,1-3H3,(H,16,17). The molecule has 98 valence electrons. The van der Waals surface area contributed by atoms with E-state index in [1.807, 2.05) is 38.1 Å². The molecule has 1 N–H and O–H groups in total. The zero-order chi connectivity index (χ0) is 13.5. The zero-order valence-electron chi connectivity index (χ0n) is 11.0. The first-order valence-electron chi connectivity index (χ1n) is 6.06. The van der Waals surface area contributed by atoms with Crippen LogP contribution in [-0.4, -0.2) is 29.4 Å². The number of aliphatic carboxylic acids is 1. The minimum atomic E-state index is -0.906. The van der Waals surface area contributed by atoms with Crippen molar-refractivity contribution in [2.45, 2.75) is 39.3 Å². The van der Waals surface area contributed by atoms with Crippen molar-refractivity contribution in [3.8, 4) is 5.75 Å². The second-order valence-corrected chi connectivity index (χ2v) is 4.24. The lowest BCUT2D eigenvalue weighted by atomic mass is 10.2. The van der Waals surface area contributed by atoms with Crippen molar-refractivity contribution >= 4 is 12.2 Å². The van der Waals surface area contributed by atoms with E-state index in [1.54, 1.807) is 13.1 Å². The normalized spacial score (nSPS) is 12.9. The molecule has 1 atom stereocenters. The van der Waals surface area contributed by atoms with Crippen LogP contribution in [-0.2, 0) is 4.79 Å². The van der Waals surface area contributed by atoms with Crippen LogP contribution in [0.3, 0.4) is 0 Å². The van der Waals surface area contributed by atoms with Gasteiger partial charge in [-0.1, -0.05) is 19.1 Å². The summed E-state index contributed by atoms with van der Waals surface area (Å²) in [5.41, 5.74) is 0.797. The summed E-state index contributed by atoms with van der Waals surface area (Å²) in [6.07, 6.45) is 2.11. The third kappa shape index (κ3) is 4.20. The molecule has 1 rings (SSSR count). The first kappa shape index (κ1) is 14.2. The number of nitrogens with zero attached hydrogens (tertiary/aromatic N) is 1. The summed E-state index contributed by atoms with van der Waals surface area (Å²) in [4.78, 5) is 14.9. The molecule has 0 aromatic heterocycles. The molecule has 0 saturated carbocycles. The Morgan fingerprint density at radius 2 is 2.11 bits per heavy atom. The van der Waals surface area contributed by atoms with Gasteiger partial charge in [-0.05, 0) is 32.4 Å². The number of para-hydroxylation sites is 1. The Morgan fingerprint density at radius 3 is 2.67 bits per heavy atom. The number of hydrogen-bond donors (Lipinski definition) is 1. The van der Waals surface area contributed by atoms with E-state index in [0.717, 1.165) is 11.3 Å². The van der Waals surface area contributed by atoms with Crippen molar-refractivity contribution in [1.82, 2.24) is 0 Å². The lowest BCUT2D eigenvalue weighted by Gasteiger charge is -2.12. The van der Waals surface area contributed by atoms with Gasteiger partial charge in [-0.15, -0.1) is 0 Å². The van der Waals surface area contributed by atoms with Gasteiger partial charge in [0.2, 0.25) is 0 Å². The maximum Gasteiger partial charge on any atom is 0.328 e. The Kier molecular flexibility index (Phi) is 5.36. The molecule has 1 aromatic rings. The van der Waals surface area contributed by atoms with E-state index in [-0.39, 0.29) is 6.10 Å². The van der Waals surface area contributed by atoms with Crippen molar-refractivity contribution in [1.29, 1.82) is 0 Å². The summed E-state index contributed by atoms with van der Waals surface area (Å²) in [6, 6.07) is 6.76. The van der Waals surface area contributed by atoms with E-state index in [9.17, 15) is 4.79 Å². The molecule has 0 amide bonds.